The monoisotopic (exact) mass is 666 g/mol. The van der Waals surface area contributed by atoms with E-state index in [0.717, 1.165) is 0 Å². The first-order valence-electron chi connectivity index (χ1n) is 14.1. The lowest BCUT2D eigenvalue weighted by atomic mass is 9.95. The smallest absolute Gasteiger partial charge is 0.221 e. The Kier molecular flexibility index (Phi) is 12.5. The summed E-state index contributed by atoms with van der Waals surface area (Å²) in [5.41, 5.74) is 0. The third kappa shape index (κ3) is 7.44. The number of hydrogen-bond donors (Lipinski definition) is 14. The van der Waals surface area contributed by atoms with E-state index < -0.39 is 149 Å². The predicted molar refractivity (Wildman–Crippen MR) is 134 cm³/mol. The van der Waals surface area contributed by atoms with Crippen molar-refractivity contribution in [2.45, 2.75) is 116 Å². The Bertz CT molecular complexity index is 929. The average molecular weight is 667 g/mol. The van der Waals surface area contributed by atoms with E-state index in [1.165, 1.54) is 0 Å². The second-order valence-corrected chi connectivity index (χ2v) is 11.3. The molecule has 0 aromatic carbocycles. The predicted octanol–water partition coefficient (Wildman–Crippen LogP) is -9.75. The van der Waals surface area contributed by atoms with Crippen LogP contribution in [0, 0.1) is 0 Å². The van der Waals surface area contributed by atoms with Crippen LogP contribution in [0.4, 0.5) is 0 Å². The van der Waals surface area contributed by atoms with Crippen molar-refractivity contribution in [3.8, 4) is 0 Å². The third-order valence-electron chi connectivity index (χ3n) is 8.26. The van der Waals surface area contributed by atoms with Crippen LogP contribution in [-0.2, 0) is 33.2 Å². The van der Waals surface area contributed by atoms with Crippen molar-refractivity contribution in [2.24, 2.45) is 0 Å². The molecule has 21 heteroatoms. The SMILES string of the molecule is OC[C@H]1O[C@@H](OC[C@@]2(OC[C@H]3OC(O)[C@H](O)[C@@H](O[C@@H]4O[C@H](CO)[C@@H](O)[C@H](O)[C@H]4O)[C@@H]3O)OC[C@@H](O)[C@@H](O)[C@@H]2O)[C@H](O)[C@@H](O)[C@H]1O. The Labute approximate surface area is 254 Å². The lowest BCUT2D eigenvalue weighted by molar-refractivity contribution is -0.389. The summed E-state index contributed by atoms with van der Waals surface area (Å²) < 4.78 is 37.7. The van der Waals surface area contributed by atoms with Crippen LogP contribution < -0.4 is 0 Å². The topological polar surface area (TPSA) is 348 Å². The molecule has 21 nitrogen and oxygen atoms in total. The third-order valence-corrected chi connectivity index (χ3v) is 8.26. The number of hydrogen-bond acceptors (Lipinski definition) is 21. The molecule has 1 unspecified atom stereocenters. The molecule has 45 heavy (non-hydrogen) atoms. The average Bonchev–Trinajstić information content (AvgIpc) is 3.03. The van der Waals surface area contributed by atoms with Crippen LogP contribution in [-0.4, -0.2) is 221 Å². The summed E-state index contributed by atoms with van der Waals surface area (Å²) >= 11 is 0. The zero-order valence-corrected chi connectivity index (χ0v) is 23.5. The molecule has 14 N–H and O–H groups in total. The molecular formula is C24H42O21. The molecule has 264 valence electrons. The van der Waals surface area contributed by atoms with Gasteiger partial charge >= 0.3 is 0 Å². The Morgan fingerprint density at radius 3 is 1.71 bits per heavy atom. The van der Waals surface area contributed by atoms with Crippen LogP contribution in [0.2, 0.25) is 0 Å². The molecule has 4 aliphatic rings. The van der Waals surface area contributed by atoms with Crippen LogP contribution in [0.3, 0.4) is 0 Å². The quantitative estimate of drug-likeness (QED) is 0.103. The zero-order chi connectivity index (χ0) is 33.4. The fourth-order valence-electron chi connectivity index (χ4n) is 5.35. The highest BCUT2D eigenvalue weighted by molar-refractivity contribution is 4.97. The molecule has 4 heterocycles. The van der Waals surface area contributed by atoms with Gasteiger partial charge in [0.1, 0.15) is 98.2 Å². The number of ether oxygens (including phenoxy) is 7. The Balaban J connectivity index is 1.48. The van der Waals surface area contributed by atoms with Crippen molar-refractivity contribution in [1.29, 1.82) is 0 Å². The summed E-state index contributed by atoms with van der Waals surface area (Å²) in [4.78, 5) is 0. The summed E-state index contributed by atoms with van der Waals surface area (Å²) in [5, 5.41) is 142. The normalized spacial score (nSPS) is 52.9. The van der Waals surface area contributed by atoms with Crippen molar-refractivity contribution in [3.63, 3.8) is 0 Å². The van der Waals surface area contributed by atoms with E-state index >= 15 is 0 Å². The Morgan fingerprint density at radius 1 is 0.578 bits per heavy atom. The molecule has 0 aliphatic carbocycles. The maximum atomic E-state index is 11.0. The van der Waals surface area contributed by atoms with Crippen molar-refractivity contribution in [3.05, 3.63) is 0 Å². The molecule has 0 spiro atoms. The molecule has 4 rings (SSSR count). The fraction of sp³-hybridized carbons (Fsp3) is 1.00. The van der Waals surface area contributed by atoms with Gasteiger partial charge in [-0.05, 0) is 0 Å². The van der Waals surface area contributed by atoms with E-state index in [4.69, 9.17) is 33.2 Å². The molecule has 4 saturated heterocycles. The minimum absolute atomic E-state index is 0.644. The molecule has 0 saturated carbocycles. The van der Waals surface area contributed by atoms with Crippen LogP contribution in [0.15, 0.2) is 0 Å². The summed E-state index contributed by atoms with van der Waals surface area (Å²) in [5.74, 6) is -2.42. The lowest BCUT2D eigenvalue weighted by Crippen LogP contribution is -2.67. The molecule has 0 aromatic rings. The van der Waals surface area contributed by atoms with Crippen LogP contribution in [0.5, 0.6) is 0 Å². The van der Waals surface area contributed by atoms with Crippen molar-refractivity contribution < 1.29 is 105 Å². The number of aliphatic hydroxyl groups excluding tert-OH is 14. The van der Waals surface area contributed by atoms with Gasteiger partial charge in [0, 0.05) is 0 Å². The van der Waals surface area contributed by atoms with Crippen molar-refractivity contribution >= 4 is 0 Å². The van der Waals surface area contributed by atoms with Crippen molar-refractivity contribution in [1.82, 2.24) is 0 Å². The Hall–Kier alpha value is -0.840. The Morgan fingerprint density at radius 2 is 1.13 bits per heavy atom. The van der Waals surface area contributed by atoms with Gasteiger partial charge in [0.25, 0.3) is 0 Å². The lowest BCUT2D eigenvalue weighted by Gasteiger charge is -2.48. The molecule has 4 fully saturated rings. The molecular weight excluding hydrogens is 624 g/mol. The summed E-state index contributed by atoms with van der Waals surface area (Å²) in [6, 6.07) is 0. The summed E-state index contributed by atoms with van der Waals surface area (Å²) in [7, 11) is 0. The summed E-state index contributed by atoms with van der Waals surface area (Å²) in [6.07, 6.45) is -32.3. The largest absolute Gasteiger partial charge is 0.394 e. The first-order chi connectivity index (χ1) is 21.2. The van der Waals surface area contributed by atoms with Gasteiger partial charge in [-0.3, -0.25) is 0 Å². The number of aliphatic hydroxyl groups is 14. The fourth-order valence-corrected chi connectivity index (χ4v) is 5.35. The second-order valence-electron chi connectivity index (χ2n) is 11.3. The molecule has 4 aliphatic heterocycles. The highest BCUT2D eigenvalue weighted by atomic mass is 16.8. The van der Waals surface area contributed by atoms with Gasteiger partial charge < -0.3 is 105 Å². The van der Waals surface area contributed by atoms with Gasteiger partial charge in [-0.25, -0.2) is 0 Å². The number of rotatable bonds is 10. The van der Waals surface area contributed by atoms with Crippen LogP contribution >= 0.6 is 0 Å². The zero-order valence-electron chi connectivity index (χ0n) is 23.5. The van der Waals surface area contributed by atoms with Gasteiger partial charge in [0.05, 0.1) is 26.4 Å². The molecule has 0 amide bonds. The molecule has 0 aromatic heterocycles. The van der Waals surface area contributed by atoms with E-state index in [1.54, 1.807) is 0 Å². The van der Waals surface area contributed by atoms with E-state index in [0.29, 0.717) is 0 Å². The minimum atomic E-state index is -2.42. The first-order valence-corrected chi connectivity index (χ1v) is 14.1. The van der Waals surface area contributed by atoms with Gasteiger partial charge in [0.2, 0.25) is 5.79 Å². The first kappa shape index (κ1) is 37.0. The van der Waals surface area contributed by atoms with Gasteiger partial charge in [-0.2, -0.15) is 0 Å². The molecule has 0 radical (unpaired) electrons. The van der Waals surface area contributed by atoms with Gasteiger partial charge in [0.15, 0.2) is 18.9 Å². The van der Waals surface area contributed by atoms with E-state index in [-0.39, 0.29) is 0 Å². The highest BCUT2D eigenvalue weighted by Crippen LogP contribution is 2.33. The minimum Gasteiger partial charge on any atom is -0.394 e. The summed E-state index contributed by atoms with van der Waals surface area (Å²) in [6.45, 7) is -3.99. The van der Waals surface area contributed by atoms with E-state index in [1.807, 2.05) is 0 Å². The van der Waals surface area contributed by atoms with Crippen LogP contribution in [0.1, 0.15) is 0 Å². The highest BCUT2D eigenvalue weighted by Gasteiger charge is 2.55. The molecule has 19 atom stereocenters. The van der Waals surface area contributed by atoms with E-state index in [9.17, 15) is 71.5 Å². The maximum absolute atomic E-state index is 11.0. The van der Waals surface area contributed by atoms with Crippen molar-refractivity contribution in [2.75, 3.05) is 33.0 Å². The standard InChI is InChI=1S/C24H42O21/c25-1-7-11(29)14(32)16(34)22(43-7)39-5-24(20(37)10(28)6(27)3-40-24)41-4-9-13(31)19(18(36)21(38)42-9)45-23-17(35)15(33)12(30)8(2-26)44-23/h6-23,25-38H,1-5H2/t6-,7-,8-,9-,10-,11+,12-,13-,14+,15+,16-,17-,18-,19+,20+,21?,22-,23+,24+/m1/s1. The van der Waals surface area contributed by atoms with Crippen LogP contribution in [0.25, 0.3) is 0 Å². The molecule has 0 bridgehead atoms. The van der Waals surface area contributed by atoms with Gasteiger partial charge in [-0.1, -0.05) is 0 Å². The second kappa shape index (κ2) is 15.1. The van der Waals surface area contributed by atoms with E-state index in [2.05, 4.69) is 0 Å². The maximum Gasteiger partial charge on any atom is 0.221 e. The van der Waals surface area contributed by atoms with Gasteiger partial charge in [-0.15, -0.1) is 0 Å².